The lowest BCUT2D eigenvalue weighted by atomic mass is 10.0. The maximum absolute atomic E-state index is 5.57. The number of aryl methyl sites for hydroxylation is 3. The van der Waals surface area contributed by atoms with E-state index in [9.17, 15) is 0 Å². The van der Waals surface area contributed by atoms with Gasteiger partial charge >= 0.3 is 0 Å². The van der Waals surface area contributed by atoms with Crippen LogP contribution in [0.1, 0.15) is 27.1 Å². The molecule has 1 aromatic carbocycles. The summed E-state index contributed by atoms with van der Waals surface area (Å²) in [7, 11) is 0. The SMILES string of the molecule is Cc1cc(C)c(CNc2ncc(CN)s2)cc1C. The molecule has 0 atom stereocenters. The predicted molar refractivity (Wildman–Crippen MR) is 78.0 cm³/mol. The third kappa shape index (κ3) is 2.89. The van der Waals surface area contributed by atoms with Crippen molar-refractivity contribution in [2.75, 3.05) is 5.32 Å². The van der Waals surface area contributed by atoms with Gasteiger partial charge < -0.3 is 11.1 Å². The maximum atomic E-state index is 5.57. The van der Waals surface area contributed by atoms with E-state index in [1.54, 1.807) is 11.3 Å². The highest BCUT2D eigenvalue weighted by Gasteiger charge is 2.04. The Labute approximate surface area is 112 Å². The van der Waals surface area contributed by atoms with Gasteiger partial charge in [0.1, 0.15) is 0 Å². The van der Waals surface area contributed by atoms with E-state index in [0.717, 1.165) is 16.6 Å². The Morgan fingerprint density at radius 1 is 1.17 bits per heavy atom. The number of nitrogens with two attached hydrogens (primary N) is 1. The van der Waals surface area contributed by atoms with Crippen LogP contribution in [-0.4, -0.2) is 4.98 Å². The molecule has 0 aliphatic rings. The largest absolute Gasteiger partial charge is 0.357 e. The van der Waals surface area contributed by atoms with E-state index in [-0.39, 0.29) is 0 Å². The number of thiazole rings is 1. The van der Waals surface area contributed by atoms with Gasteiger partial charge in [-0.1, -0.05) is 12.1 Å². The van der Waals surface area contributed by atoms with Crippen LogP contribution >= 0.6 is 11.3 Å². The van der Waals surface area contributed by atoms with E-state index < -0.39 is 0 Å². The van der Waals surface area contributed by atoms with Crippen molar-refractivity contribution in [3.8, 4) is 0 Å². The highest BCUT2D eigenvalue weighted by Crippen LogP contribution is 2.20. The summed E-state index contributed by atoms with van der Waals surface area (Å²) in [6.45, 7) is 7.81. The second-order valence-electron chi connectivity index (χ2n) is 4.55. The summed E-state index contributed by atoms with van der Waals surface area (Å²) in [6, 6.07) is 4.48. The summed E-state index contributed by atoms with van der Waals surface area (Å²) in [6.07, 6.45) is 1.83. The fourth-order valence-corrected chi connectivity index (χ4v) is 2.55. The Kier molecular flexibility index (Phi) is 3.99. The molecule has 4 heteroatoms. The van der Waals surface area contributed by atoms with Crippen molar-refractivity contribution >= 4 is 16.5 Å². The van der Waals surface area contributed by atoms with E-state index in [4.69, 9.17) is 5.73 Å². The van der Waals surface area contributed by atoms with Gasteiger partial charge in [-0.05, 0) is 43.0 Å². The van der Waals surface area contributed by atoms with Gasteiger partial charge in [0.25, 0.3) is 0 Å². The van der Waals surface area contributed by atoms with Crippen LogP contribution in [0.25, 0.3) is 0 Å². The van der Waals surface area contributed by atoms with Crippen molar-refractivity contribution in [2.24, 2.45) is 5.73 Å². The fourth-order valence-electron chi connectivity index (χ4n) is 1.87. The van der Waals surface area contributed by atoms with Crippen LogP contribution < -0.4 is 11.1 Å². The minimum atomic E-state index is 0.558. The highest BCUT2D eigenvalue weighted by molar-refractivity contribution is 7.15. The van der Waals surface area contributed by atoms with Gasteiger partial charge in [-0.3, -0.25) is 0 Å². The van der Waals surface area contributed by atoms with Crippen LogP contribution in [-0.2, 0) is 13.1 Å². The van der Waals surface area contributed by atoms with Crippen molar-refractivity contribution in [2.45, 2.75) is 33.9 Å². The number of nitrogens with zero attached hydrogens (tertiary/aromatic N) is 1. The molecule has 18 heavy (non-hydrogen) atoms. The van der Waals surface area contributed by atoms with Crippen LogP contribution in [0.5, 0.6) is 0 Å². The Morgan fingerprint density at radius 3 is 2.56 bits per heavy atom. The van der Waals surface area contributed by atoms with Crippen LogP contribution in [0.2, 0.25) is 0 Å². The zero-order valence-electron chi connectivity index (χ0n) is 11.1. The molecule has 3 nitrogen and oxygen atoms in total. The molecule has 0 aliphatic heterocycles. The minimum Gasteiger partial charge on any atom is -0.357 e. The van der Waals surface area contributed by atoms with Crippen LogP contribution in [0.15, 0.2) is 18.3 Å². The number of hydrogen-bond donors (Lipinski definition) is 2. The molecule has 0 fully saturated rings. The zero-order chi connectivity index (χ0) is 13.1. The van der Waals surface area contributed by atoms with E-state index >= 15 is 0 Å². The molecule has 3 N–H and O–H groups in total. The number of aromatic nitrogens is 1. The van der Waals surface area contributed by atoms with E-state index in [2.05, 4.69) is 43.2 Å². The summed E-state index contributed by atoms with van der Waals surface area (Å²) in [5, 5.41) is 4.29. The Bertz CT molecular complexity index is 546. The van der Waals surface area contributed by atoms with E-state index in [1.165, 1.54) is 22.3 Å². The first-order valence-electron chi connectivity index (χ1n) is 6.05. The summed E-state index contributed by atoms with van der Waals surface area (Å²) in [5.41, 5.74) is 10.9. The molecule has 0 amide bonds. The minimum absolute atomic E-state index is 0.558. The summed E-state index contributed by atoms with van der Waals surface area (Å²) >= 11 is 1.62. The molecular weight excluding hydrogens is 242 g/mol. The van der Waals surface area contributed by atoms with Crippen molar-refractivity contribution < 1.29 is 0 Å². The third-order valence-electron chi connectivity index (χ3n) is 3.14. The molecule has 0 saturated heterocycles. The number of hydrogen-bond acceptors (Lipinski definition) is 4. The number of nitrogens with one attached hydrogen (secondary N) is 1. The van der Waals surface area contributed by atoms with Crippen LogP contribution in [0, 0.1) is 20.8 Å². The molecule has 2 aromatic rings. The van der Waals surface area contributed by atoms with Gasteiger partial charge in [0.15, 0.2) is 5.13 Å². The zero-order valence-corrected chi connectivity index (χ0v) is 11.9. The molecule has 1 aromatic heterocycles. The first-order valence-corrected chi connectivity index (χ1v) is 6.87. The fraction of sp³-hybridized carbons (Fsp3) is 0.357. The van der Waals surface area contributed by atoms with Crippen molar-refractivity contribution in [3.05, 3.63) is 45.5 Å². The lowest BCUT2D eigenvalue weighted by molar-refractivity contribution is 1.08. The van der Waals surface area contributed by atoms with E-state index in [0.29, 0.717) is 6.54 Å². The quantitative estimate of drug-likeness (QED) is 0.889. The van der Waals surface area contributed by atoms with Gasteiger partial charge in [0, 0.05) is 24.2 Å². The summed E-state index contributed by atoms with van der Waals surface area (Å²) in [5.74, 6) is 0. The molecule has 0 aliphatic carbocycles. The molecule has 0 spiro atoms. The van der Waals surface area contributed by atoms with Crippen LogP contribution in [0.4, 0.5) is 5.13 Å². The molecule has 0 radical (unpaired) electrons. The summed E-state index contributed by atoms with van der Waals surface area (Å²) in [4.78, 5) is 5.40. The average molecular weight is 261 g/mol. The average Bonchev–Trinajstić information content (AvgIpc) is 2.80. The molecule has 0 unspecified atom stereocenters. The predicted octanol–water partition coefficient (Wildman–Crippen LogP) is 3.14. The second-order valence-corrected chi connectivity index (χ2v) is 5.67. The van der Waals surface area contributed by atoms with Gasteiger partial charge in [-0.2, -0.15) is 0 Å². The Morgan fingerprint density at radius 2 is 1.89 bits per heavy atom. The number of rotatable bonds is 4. The second kappa shape index (κ2) is 5.50. The normalized spacial score (nSPS) is 10.7. The van der Waals surface area contributed by atoms with E-state index in [1.807, 2.05) is 6.20 Å². The Hall–Kier alpha value is -1.39. The topological polar surface area (TPSA) is 50.9 Å². The maximum Gasteiger partial charge on any atom is 0.183 e. The number of benzene rings is 1. The van der Waals surface area contributed by atoms with Gasteiger partial charge in [0.05, 0.1) is 0 Å². The first-order chi connectivity index (χ1) is 8.60. The lowest BCUT2D eigenvalue weighted by Gasteiger charge is -2.10. The van der Waals surface area contributed by atoms with Crippen LogP contribution in [0.3, 0.4) is 0 Å². The molecule has 1 heterocycles. The molecule has 0 saturated carbocycles. The monoisotopic (exact) mass is 261 g/mol. The van der Waals surface area contributed by atoms with Crippen molar-refractivity contribution in [1.29, 1.82) is 0 Å². The van der Waals surface area contributed by atoms with Crippen molar-refractivity contribution in [3.63, 3.8) is 0 Å². The molecule has 2 rings (SSSR count). The molecular formula is C14H19N3S. The molecule has 96 valence electrons. The molecule has 0 bridgehead atoms. The lowest BCUT2D eigenvalue weighted by Crippen LogP contribution is -2.02. The smallest absolute Gasteiger partial charge is 0.183 e. The first kappa shape index (κ1) is 13.1. The van der Waals surface area contributed by atoms with Gasteiger partial charge in [-0.15, -0.1) is 11.3 Å². The highest BCUT2D eigenvalue weighted by atomic mass is 32.1. The van der Waals surface area contributed by atoms with Gasteiger partial charge in [0.2, 0.25) is 0 Å². The standard InChI is InChI=1S/C14H19N3S/c1-9-4-11(3)12(5-10(9)2)7-16-14-17-8-13(6-15)18-14/h4-5,8H,6-7,15H2,1-3H3,(H,16,17). The number of anilines is 1. The summed E-state index contributed by atoms with van der Waals surface area (Å²) < 4.78 is 0. The Balaban J connectivity index is 2.08. The van der Waals surface area contributed by atoms with Crippen molar-refractivity contribution in [1.82, 2.24) is 4.98 Å². The van der Waals surface area contributed by atoms with Gasteiger partial charge in [-0.25, -0.2) is 4.98 Å². The third-order valence-corrected chi connectivity index (χ3v) is 4.11.